The van der Waals surface area contributed by atoms with Crippen molar-refractivity contribution in [3.05, 3.63) is 151 Å². The zero-order valence-corrected chi connectivity index (χ0v) is 32.1. The molecule has 3 heterocycles. The van der Waals surface area contributed by atoms with Gasteiger partial charge < -0.3 is 4.90 Å². The van der Waals surface area contributed by atoms with Crippen LogP contribution in [0.5, 0.6) is 0 Å². The molecule has 262 valence electrons. The summed E-state index contributed by atoms with van der Waals surface area (Å²) in [6, 6.07) is 49.4. The van der Waals surface area contributed by atoms with Crippen molar-refractivity contribution in [3.8, 4) is 44.5 Å². The molecule has 0 atom stereocenters. The highest BCUT2D eigenvalue weighted by molar-refractivity contribution is 7.00. The third-order valence-corrected chi connectivity index (χ3v) is 12.5. The van der Waals surface area contributed by atoms with Gasteiger partial charge in [0, 0.05) is 16.5 Å². The Balaban J connectivity index is 1.04. The van der Waals surface area contributed by atoms with Crippen LogP contribution in [0.4, 0.5) is 17.1 Å². The van der Waals surface area contributed by atoms with Gasteiger partial charge in [-0.25, -0.2) is 0 Å². The van der Waals surface area contributed by atoms with Crippen molar-refractivity contribution in [2.45, 2.75) is 19.3 Å². The maximum atomic E-state index is 4.94. The molecule has 0 radical (unpaired) electrons. The van der Waals surface area contributed by atoms with Gasteiger partial charge in [-0.2, -0.15) is 26.2 Å². The summed E-state index contributed by atoms with van der Waals surface area (Å²) in [5.74, 6) is 0. The summed E-state index contributed by atoms with van der Waals surface area (Å²) in [6.45, 7) is 4.68. The molecule has 1 aliphatic rings. The Morgan fingerprint density at radius 2 is 0.891 bits per heavy atom. The number of aromatic nitrogens is 6. The Kier molecular flexibility index (Phi) is 7.28. The molecule has 0 amide bonds. The standard InChI is InChI=1S/C45H29N7S3/c1-45(2)34-15-7-6-12-32(34)33-14-8-13-29(39(33)45)27-18-20-28(21-19-27)31-23-25-38(44-41(31)48-55-51-44)52(36-17-9-16-35-42(36)49-53-46-35)37-24-22-30(26-10-4-3-5-11-26)40-43(37)50-54-47-40/h3-25H,1-2H3. The highest BCUT2D eigenvalue weighted by Gasteiger charge is 2.37. The summed E-state index contributed by atoms with van der Waals surface area (Å²) >= 11 is 3.65. The predicted octanol–water partition coefficient (Wildman–Crippen LogP) is 12.5. The first kappa shape index (κ1) is 32.2. The van der Waals surface area contributed by atoms with E-state index in [1.807, 2.05) is 30.3 Å². The predicted molar refractivity (Wildman–Crippen MR) is 228 cm³/mol. The first-order valence-electron chi connectivity index (χ1n) is 18.0. The first-order valence-corrected chi connectivity index (χ1v) is 20.2. The summed E-state index contributed by atoms with van der Waals surface area (Å²) in [5, 5.41) is 0. The molecule has 0 spiro atoms. The van der Waals surface area contributed by atoms with Crippen molar-refractivity contribution >= 4 is 85.3 Å². The average Bonchev–Trinajstić information content (AvgIpc) is 4.06. The minimum atomic E-state index is -0.0949. The van der Waals surface area contributed by atoms with E-state index in [0.717, 1.165) is 72.4 Å². The SMILES string of the molecule is CC1(C)c2ccccc2-c2cccc(-c3ccc(-c4ccc(N(c5cccc6nsnc56)c5ccc(-c6ccccc6)c6nsnc56)c5nsnc45)cc3)c21. The summed E-state index contributed by atoms with van der Waals surface area (Å²) in [5.41, 5.74) is 19.6. The maximum Gasteiger partial charge on any atom is 0.129 e. The van der Waals surface area contributed by atoms with Crippen LogP contribution in [-0.2, 0) is 5.41 Å². The van der Waals surface area contributed by atoms with Crippen LogP contribution < -0.4 is 4.90 Å². The first-order chi connectivity index (χ1) is 27.1. The molecule has 0 saturated carbocycles. The second kappa shape index (κ2) is 12.4. The Bertz CT molecular complexity index is 3090. The Morgan fingerprint density at radius 1 is 0.382 bits per heavy atom. The molecule has 1 aliphatic carbocycles. The van der Waals surface area contributed by atoms with Gasteiger partial charge in [0.25, 0.3) is 0 Å². The largest absolute Gasteiger partial charge is 0.304 e. The van der Waals surface area contributed by atoms with E-state index in [1.54, 1.807) is 0 Å². The maximum absolute atomic E-state index is 4.94. The normalized spacial score (nSPS) is 13.1. The van der Waals surface area contributed by atoms with E-state index in [1.165, 1.54) is 68.6 Å². The molecular weight excluding hydrogens is 735 g/mol. The number of nitrogens with zero attached hydrogens (tertiary/aromatic N) is 7. The van der Waals surface area contributed by atoms with E-state index in [2.05, 4.69) is 132 Å². The van der Waals surface area contributed by atoms with Gasteiger partial charge in [-0.05, 0) is 80.9 Å². The Hall–Kier alpha value is -6.20. The number of fused-ring (bicyclic) bond motifs is 6. The van der Waals surface area contributed by atoms with E-state index < -0.39 is 0 Å². The topological polar surface area (TPSA) is 80.6 Å². The van der Waals surface area contributed by atoms with Gasteiger partial charge in [-0.3, -0.25) is 0 Å². The third-order valence-electron chi connectivity index (χ3n) is 10.9. The van der Waals surface area contributed by atoms with Gasteiger partial charge >= 0.3 is 0 Å². The minimum absolute atomic E-state index is 0.0949. The van der Waals surface area contributed by atoms with Crippen LogP contribution in [-0.4, -0.2) is 26.2 Å². The Labute approximate surface area is 329 Å². The van der Waals surface area contributed by atoms with Crippen molar-refractivity contribution in [3.63, 3.8) is 0 Å². The van der Waals surface area contributed by atoms with Crippen LogP contribution in [0.2, 0.25) is 0 Å². The molecule has 0 aliphatic heterocycles. The number of anilines is 3. The molecule has 0 fully saturated rings. The van der Waals surface area contributed by atoms with E-state index >= 15 is 0 Å². The molecule has 0 unspecified atom stereocenters. The fraction of sp³-hybridized carbons (Fsp3) is 0.0667. The number of benzene rings is 7. The van der Waals surface area contributed by atoms with Gasteiger partial charge in [-0.15, -0.1) is 0 Å². The van der Waals surface area contributed by atoms with Crippen LogP contribution in [0, 0.1) is 0 Å². The monoisotopic (exact) mass is 763 g/mol. The highest BCUT2D eigenvalue weighted by Crippen LogP contribution is 2.52. The highest BCUT2D eigenvalue weighted by atomic mass is 32.1. The molecule has 7 nitrogen and oxygen atoms in total. The average molecular weight is 764 g/mol. The minimum Gasteiger partial charge on any atom is -0.304 e. The van der Waals surface area contributed by atoms with Gasteiger partial charge in [0.2, 0.25) is 0 Å². The third kappa shape index (κ3) is 4.92. The number of hydrogen-bond donors (Lipinski definition) is 0. The zero-order chi connectivity index (χ0) is 36.7. The quantitative estimate of drug-likeness (QED) is 0.167. The second-order valence-electron chi connectivity index (χ2n) is 14.3. The molecule has 11 rings (SSSR count). The number of rotatable bonds is 6. The molecule has 55 heavy (non-hydrogen) atoms. The molecule has 0 saturated heterocycles. The lowest BCUT2D eigenvalue weighted by atomic mass is 9.79. The fourth-order valence-electron chi connectivity index (χ4n) is 8.43. The van der Waals surface area contributed by atoms with Crippen molar-refractivity contribution in [1.29, 1.82) is 0 Å². The molecule has 0 N–H and O–H groups in total. The summed E-state index contributed by atoms with van der Waals surface area (Å²) in [7, 11) is 0. The molecule has 3 aromatic heterocycles. The van der Waals surface area contributed by atoms with Crippen LogP contribution in [0.3, 0.4) is 0 Å². The van der Waals surface area contributed by atoms with E-state index in [-0.39, 0.29) is 5.41 Å². The smallest absolute Gasteiger partial charge is 0.129 e. The van der Waals surface area contributed by atoms with Crippen molar-refractivity contribution in [1.82, 2.24) is 26.2 Å². The van der Waals surface area contributed by atoms with Gasteiger partial charge in [0.15, 0.2) is 0 Å². The van der Waals surface area contributed by atoms with Crippen molar-refractivity contribution in [2.75, 3.05) is 4.90 Å². The van der Waals surface area contributed by atoms with Gasteiger partial charge in [-0.1, -0.05) is 117 Å². The molecule has 0 bridgehead atoms. The second-order valence-corrected chi connectivity index (χ2v) is 15.9. The Morgan fingerprint density at radius 3 is 1.60 bits per heavy atom. The molecule has 10 aromatic rings. The van der Waals surface area contributed by atoms with Gasteiger partial charge in [0.05, 0.1) is 52.2 Å². The summed E-state index contributed by atoms with van der Waals surface area (Å²) in [6.07, 6.45) is 0. The summed E-state index contributed by atoms with van der Waals surface area (Å²) < 4.78 is 28.9. The van der Waals surface area contributed by atoms with E-state index in [4.69, 9.17) is 21.9 Å². The van der Waals surface area contributed by atoms with Crippen LogP contribution in [0.15, 0.2) is 140 Å². The van der Waals surface area contributed by atoms with Crippen molar-refractivity contribution < 1.29 is 0 Å². The lowest BCUT2D eigenvalue weighted by Gasteiger charge is -2.26. The summed E-state index contributed by atoms with van der Waals surface area (Å²) in [4.78, 5) is 2.20. The molecular formula is C45H29N7S3. The fourth-order valence-corrected chi connectivity index (χ4v) is 10.1. The lowest BCUT2D eigenvalue weighted by molar-refractivity contribution is 0.662. The molecule has 7 aromatic carbocycles. The van der Waals surface area contributed by atoms with E-state index in [9.17, 15) is 0 Å². The number of hydrogen-bond acceptors (Lipinski definition) is 10. The van der Waals surface area contributed by atoms with E-state index in [0.29, 0.717) is 0 Å². The van der Waals surface area contributed by atoms with Crippen LogP contribution >= 0.6 is 35.2 Å². The zero-order valence-electron chi connectivity index (χ0n) is 29.6. The van der Waals surface area contributed by atoms with Crippen molar-refractivity contribution in [2.24, 2.45) is 0 Å². The lowest BCUT2D eigenvalue weighted by Crippen LogP contribution is -2.16. The van der Waals surface area contributed by atoms with Crippen LogP contribution in [0.1, 0.15) is 25.0 Å². The van der Waals surface area contributed by atoms with Gasteiger partial charge in [0.1, 0.15) is 33.1 Å². The van der Waals surface area contributed by atoms with Crippen LogP contribution in [0.25, 0.3) is 77.6 Å². The molecule has 10 heteroatoms.